The Bertz CT molecular complexity index is 958. The summed E-state index contributed by atoms with van der Waals surface area (Å²) in [6.07, 6.45) is 0.853. The normalized spacial score (nSPS) is 17.4. The van der Waals surface area contributed by atoms with Gasteiger partial charge in [0, 0.05) is 43.5 Å². The Balaban J connectivity index is 1.27. The maximum atomic E-state index is 12.8. The van der Waals surface area contributed by atoms with E-state index >= 15 is 0 Å². The van der Waals surface area contributed by atoms with Crippen LogP contribution < -0.4 is 4.74 Å². The van der Waals surface area contributed by atoms with Crippen molar-refractivity contribution in [3.05, 3.63) is 77.4 Å². The zero-order chi connectivity index (χ0) is 21.0. The third-order valence-corrected chi connectivity index (χ3v) is 5.30. The molecule has 0 radical (unpaired) electrons. The van der Waals surface area contributed by atoms with E-state index in [0.29, 0.717) is 12.3 Å². The first-order valence-corrected chi connectivity index (χ1v) is 9.93. The molecule has 1 aliphatic rings. The fourth-order valence-electron chi connectivity index (χ4n) is 3.72. The van der Waals surface area contributed by atoms with E-state index in [9.17, 15) is 13.2 Å². The van der Waals surface area contributed by atoms with Crippen molar-refractivity contribution in [1.29, 1.82) is 0 Å². The highest BCUT2D eigenvalue weighted by Gasteiger charge is 2.30. The van der Waals surface area contributed by atoms with E-state index in [1.165, 1.54) is 17.7 Å². The van der Waals surface area contributed by atoms with E-state index in [0.717, 1.165) is 49.6 Å². The van der Waals surface area contributed by atoms with Crippen molar-refractivity contribution in [2.45, 2.75) is 31.5 Å². The number of hydrogen-bond donors (Lipinski definition) is 1. The second-order valence-electron chi connectivity index (χ2n) is 7.52. The Hall–Kier alpha value is -2.87. The third-order valence-electron chi connectivity index (χ3n) is 5.30. The average Bonchev–Trinajstić information content (AvgIpc) is 3.38. The zero-order valence-electron chi connectivity index (χ0n) is 16.4. The Morgan fingerprint density at radius 2 is 1.97 bits per heavy atom. The number of aromatic nitrogens is 3. The van der Waals surface area contributed by atoms with Crippen molar-refractivity contribution in [1.82, 2.24) is 20.1 Å². The minimum atomic E-state index is -4.37. The van der Waals surface area contributed by atoms with Crippen LogP contribution in [0, 0.1) is 0 Å². The van der Waals surface area contributed by atoms with Gasteiger partial charge >= 0.3 is 6.18 Å². The highest BCUT2D eigenvalue weighted by Crippen LogP contribution is 2.31. The number of likely N-dealkylation sites (tertiary alicyclic amines) is 1. The van der Waals surface area contributed by atoms with E-state index < -0.39 is 11.7 Å². The van der Waals surface area contributed by atoms with Crippen LogP contribution in [-0.4, -0.2) is 39.8 Å². The number of rotatable bonds is 7. The number of benzene rings is 1. The summed E-state index contributed by atoms with van der Waals surface area (Å²) in [5, 5.41) is 7.48. The molecule has 0 unspecified atom stereocenters. The van der Waals surface area contributed by atoms with Crippen LogP contribution in [0.2, 0.25) is 0 Å². The number of nitrogens with zero attached hydrogens (tertiary/aromatic N) is 3. The minimum absolute atomic E-state index is 0.215. The van der Waals surface area contributed by atoms with Gasteiger partial charge in [-0.1, -0.05) is 6.07 Å². The standard InChI is InChI=1S/C22H23F3N4O/c23-22(24,25)18-2-1-3-20(12-18)30-11-7-19-13-21(28-27-19)17-6-10-29(15-17)14-16-4-8-26-9-5-16/h1-5,8-9,12-13,17H,6-7,10-11,14-15H2,(H,27,28)/t17-/m0/s1. The minimum Gasteiger partial charge on any atom is -0.493 e. The molecule has 1 fully saturated rings. The molecule has 8 heteroatoms. The van der Waals surface area contributed by atoms with Gasteiger partial charge in [-0.05, 0) is 54.9 Å². The monoisotopic (exact) mass is 416 g/mol. The van der Waals surface area contributed by atoms with Gasteiger partial charge in [-0.15, -0.1) is 0 Å². The number of nitrogens with one attached hydrogen (secondary N) is 1. The van der Waals surface area contributed by atoms with Crippen LogP contribution in [0.5, 0.6) is 5.75 Å². The predicted molar refractivity (Wildman–Crippen MR) is 106 cm³/mol. The summed E-state index contributed by atoms with van der Waals surface area (Å²) in [5.41, 5.74) is 2.49. The average molecular weight is 416 g/mol. The molecule has 0 aliphatic carbocycles. The Morgan fingerprint density at radius 3 is 2.77 bits per heavy atom. The smallest absolute Gasteiger partial charge is 0.416 e. The molecule has 0 bridgehead atoms. The second-order valence-corrected chi connectivity index (χ2v) is 7.52. The summed E-state index contributed by atoms with van der Waals surface area (Å²) in [4.78, 5) is 6.46. The predicted octanol–water partition coefficient (Wildman–Crippen LogP) is 4.43. The molecule has 30 heavy (non-hydrogen) atoms. The number of alkyl halides is 3. The van der Waals surface area contributed by atoms with Crippen LogP contribution >= 0.6 is 0 Å². The zero-order valence-corrected chi connectivity index (χ0v) is 16.4. The molecule has 3 heterocycles. The van der Waals surface area contributed by atoms with E-state index in [2.05, 4.69) is 20.1 Å². The molecule has 5 nitrogen and oxygen atoms in total. The first kappa shape index (κ1) is 20.4. The quantitative estimate of drug-likeness (QED) is 0.619. The molecule has 1 saturated heterocycles. The first-order chi connectivity index (χ1) is 14.5. The Morgan fingerprint density at radius 1 is 1.13 bits per heavy atom. The molecule has 0 spiro atoms. The Labute approximate surface area is 172 Å². The van der Waals surface area contributed by atoms with Crippen molar-refractivity contribution in [2.75, 3.05) is 19.7 Å². The van der Waals surface area contributed by atoms with Crippen LogP contribution in [0.4, 0.5) is 13.2 Å². The van der Waals surface area contributed by atoms with Crippen molar-refractivity contribution >= 4 is 0 Å². The topological polar surface area (TPSA) is 54.0 Å². The van der Waals surface area contributed by atoms with E-state index in [-0.39, 0.29) is 12.4 Å². The fraction of sp³-hybridized carbons (Fsp3) is 0.364. The van der Waals surface area contributed by atoms with Gasteiger partial charge in [0.1, 0.15) is 5.75 Å². The Kier molecular flexibility index (Phi) is 6.03. The number of ether oxygens (including phenoxy) is 1. The van der Waals surface area contributed by atoms with Crippen LogP contribution in [0.25, 0.3) is 0 Å². The van der Waals surface area contributed by atoms with Crippen LogP contribution in [-0.2, 0) is 19.1 Å². The number of halogens is 3. The lowest BCUT2D eigenvalue weighted by Crippen LogP contribution is -2.19. The van der Waals surface area contributed by atoms with E-state index in [1.807, 2.05) is 30.6 Å². The summed E-state index contributed by atoms with van der Waals surface area (Å²) in [6, 6.07) is 11.0. The van der Waals surface area contributed by atoms with Crippen LogP contribution in [0.1, 0.15) is 34.9 Å². The molecular formula is C22H23F3N4O. The maximum absolute atomic E-state index is 12.8. The third kappa shape index (κ3) is 5.18. The highest BCUT2D eigenvalue weighted by molar-refractivity contribution is 5.30. The molecule has 3 aromatic rings. The summed E-state index contributed by atoms with van der Waals surface area (Å²) >= 11 is 0. The van der Waals surface area contributed by atoms with Gasteiger partial charge in [-0.25, -0.2) is 0 Å². The lowest BCUT2D eigenvalue weighted by molar-refractivity contribution is -0.137. The summed E-state index contributed by atoms with van der Waals surface area (Å²) in [7, 11) is 0. The fourth-order valence-corrected chi connectivity index (χ4v) is 3.72. The van der Waals surface area contributed by atoms with Gasteiger partial charge in [0.25, 0.3) is 0 Å². The van der Waals surface area contributed by atoms with Crippen molar-refractivity contribution in [3.8, 4) is 5.75 Å². The van der Waals surface area contributed by atoms with Crippen molar-refractivity contribution in [2.24, 2.45) is 0 Å². The summed E-state index contributed by atoms with van der Waals surface area (Å²) in [6.45, 7) is 3.16. The highest BCUT2D eigenvalue weighted by atomic mass is 19.4. The van der Waals surface area contributed by atoms with Gasteiger partial charge in [0.15, 0.2) is 0 Å². The van der Waals surface area contributed by atoms with Crippen LogP contribution in [0.3, 0.4) is 0 Å². The molecule has 4 rings (SSSR count). The lowest BCUT2D eigenvalue weighted by atomic mass is 10.0. The second kappa shape index (κ2) is 8.87. The number of H-pyrrole nitrogens is 1. The molecule has 1 aromatic carbocycles. The molecule has 0 amide bonds. The van der Waals surface area contributed by atoms with E-state index in [4.69, 9.17) is 4.74 Å². The molecule has 2 aromatic heterocycles. The molecule has 158 valence electrons. The van der Waals surface area contributed by atoms with Gasteiger partial charge in [0.05, 0.1) is 17.9 Å². The molecular weight excluding hydrogens is 393 g/mol. The lowest BCUT2D eigenvalue weighted by Gasteiger charge is -2.15. The summed E-state index contributed by atoms with van der Waals surface area (Å²) in [5.74, 6) is 0.591. The maximum Gasteiger partial charge on any atom is 0.416 e. The van der Waals surface area contributed by atoms with Crippen LogP contribution in [0.15, 0.2) is 54.9 Å². The van der Waals surface area contributed by atoms with Crippen molar-refractivity contribution < 1.29 is 17.9 Å². The van der Waals surface area contributed by atoms with Gasteiger partial charge < -0.3 is 4.74 Å². The SMILES string of the molecule is FC(F)(F)c1cccc(OCCc2cc([C@H]3CCN(Cc4ccncc4)C3)n[nH]2)c1. The number of pyridine rings is 1. The number of aromatic amines is 1. The molecule has 0 saturated carbocycles. The molecule has 1 aliphatic heterocycles. The van der Waals surface area contributed by atoms with Gasteiger partial charge in [-0.2, -0.15) is 18.3 Å². The number of hydrogen-bond acceptors (Lipinski definition) is 4. The molecule has 1 N–H and O–H groups in total. The first-order valence-electron chi connectivity index (χ1n) is 9.93. The summed E-state index contributed by atoms with van der Waals surface area (Å²) < 4.78 is 43.8. The molecule has 1 atom stereocenters. The van der Waals surface area contributed by atoms with Gasteiger partial charge in [0.2, 0.25) is 0 Å². The largest absolute Gasteiger partial charge is 0.493 e. The van der Waals surface area contributed by atoms with Gasteiger partial charge in [-0.3, -0.25) is 15.0 Å². The van der Waals surface area contributed by atoms with E-state index in [1.54, 1.807) is 0 Å². The van der Waals surface area contributed by atoms with Crippen molar-refractivity contribution in [3.63, 3.8) is 0 Å².